The minimum atomic E-state index is -0.235. The van der Waals surface area contributed by atoms with Crippen LogP contribution in [0.15, 0.2) is 42.6 Å². The lowest BCUT2D eigenvalue weighted by Crippen LogP contribution is -2.12. The van der Waals surface area contributed by atoms with Gasteiger partial charge in [-0.3, -0.25) is 9.20 Å². The zero-order valence-electron chi connectivity index (χ0n) is 10.7. The van der Waals surface area contributed by atoms with E-state index >= 15 is 0 Å². The highest BCUT2D eigenvalue weighted by Gasteiger charge is 2.10. The molecule has 0 atom stereocenters. The molecule has 20 heavy (non-hydrogen) atoms. The summed E-state index contributed by atoms with van der Waals surface area (Å²) < 4.78 is 1.81. The average Bonchev–Trinajstić information content (AvgIpc) is 2.82. The molecule has 0 saturated carbocycles. The standard InChI is InChI=1S/C14H11ClN4O/c1-9-17-18-13-8-10(6-7-19(9)13)14(20)16-12-5-3-2-4-11(12)15/h2-8H,1H3,(H,16,20). The maximum atomic E-state index is 12.2. The number of para-hydroxylation sites is 1. The lowest BCUT2D eigenvalue weighted by Gasteiger charge is -2.07. The Morgan fingerprint density at radius 2 is 2.05 bits per heavy atom. The van der Waals surface area contributed by atoms with Gasteiger partial charge in [0.25, 0.3) is 5.91 Å². The van der Waals surface area contributed by atoms with Crippen LogP contribution in [0.25, 0.3) is 5.65 Å². The van der Waals surface area contributed by atoms with Crippen molar-refractivity contribution in [2.24, 2.45) is 0 Å². The summed E-state index contributed by atoms with van der Waals surface area (Å²) >= 11 is 6.01. The summed E-state index contributed by atoms with van der Waals surface area (Å²) in [6.07, 6.45) is 1.77. The normalized spacial score (nSPS) is 10.7. The lowest BCUT2D eigenvalue weighted by atomic mass is 10.2. The molecule has 3 rings (SSSR count). The Morgan fingerprint density at radius 1 is 1.25 bits per heavy atom. The highest BCUT2D eigenvalue weighted by Crippen LogP contribution is 2.21. The highest BCUT2D eigenvalue weighted by molar-refractivity contribution is 6.33. The Bertz CT molecular complexity index is 797. The molecular weight excluding hydrogens is 276 g/mol. The summed E-state index contributed by atoms with van der Waals surface area (Å²) in [5.74, 6) is 0.541. The monoisotopic (exact) mass is 286 g/mol. The maximum Gasteiger partial charge on any atom is 0.255 e. The molecule has 5 nitrogen and oxygen atoms in total. The molecule has 0 aliphatic rings. The Balaban J connectivity index is 1.91. The predicted octanol–water partition coefficient (Wildman–Crippen LogP) is 2.94. The number of hydrogen-bond donors (Lipinski definition) is 1. The van der Waals surface area contributed by atoms with Crippen molar-refractivity contribution in [3.05, 3.63) is 59.0 Å². The van der Waals surface area contributed by atoms with E-state index in [0.29, 0.717) is 21.9 Å². The van der Waals surface area contributed by atoms with Gasteiger partial charge in [0, 0.05) is 11.8 Å². The fourth-order valence-electron chi connectivity index (χ4n) is 1.91. The molecule has 1 amide bonds. The molecule has 2 heterocycles. The van der Waals surface area contributed by atoms with Crippen molar-refractivity contribution in [3.8, 4) is 0 Å². The molecule has 0 spiro atoms. The van der Waals surface area contributed by atoms with Crippen molar-refractivity contribution in [2.45, 2.75) is 6.92 Å². The molecular formula is C14H11ClN4O. The van der Waals surface area contributed by atoms with Crippen LogP contribution in [-0.2, 0) is 0 Å². The first kappa shape index (κ1) is 12.6. The molecule has 0 bridgehead atoms. The van der Waals surface area contributed by atoms with Crippen molar-refractivity contribution < 1.29 is 4.79 Å². The van der Waals surface area contributed by atoms with Crippen LogP contribution in [0, 0.1) is 6.92 Å². The summed E-state index contributed by atoms with van der Waals surface area (Å²) in [5, 5.41) is 11.2. The van der Waals surface area contributed by atoms with E-state index in [9.17, 15) is 4.79 Å². The van der Waals surface area contributed by atoms with E-state index in [1.165, 1.54) is 0 Å². The number of hydrogen-bond acceptors (Lipinski definition) is 3. The number of aromatic nitrogens is 3. The van der Waals surface area contributed by atoms with E-state index in [2.05, 4.69) is 15.5 Å². The summed E-state index contributed by atoms with van der Waals surface area (Å²) in [7, 11) is 0. The van der Waals surface area contributed by atoms with Gasteiger partial charge in [0.15, 0.2) is 5.65 Å². The van der Waals surface area contributed by atoms with Crippen molar-refractivity contribution in [3.63, 3.8) is 0 Å². The number of aryl methyl sites for hydroxylation is 1. The van der Waals surface area contributed by atoms with Crippen LogP contribution >= 0.6 is 11.6 Å². The number of carbonyl (C=O) groups excluding carboxylic acids is 1. The molecule has 100 valence electrons. The lowest BCUT2D eigenvalue weighted by molar-refractivity contribution is 0.102. The zero-order chi connectivity index (χ0) is 14.1. The first-order valence-corrected chi connectivity index (χ1v) is 6.40. The van der Waals surface area contributed by atoms with Gasteiger partial charge >= 0.3 is 0 Å². The van der Waals surface area contributed by atoms with Gasteiger partial charge in [-0.2, -0.15) is 0 Å². The van der Waals surface area contributed by atoms with Crippen molar-refractivity contribution >= 4 is 28.8 Å². The number of fused-ring (bicyclic) bond motifs is 1. The summed E-state index contributed by atoms with van der Waals surface area (Å²) in [5.41, 5.74) is 1.72. The van der Waals surface area contributed by atoms with Crippen LogP contribution in [0.4, 0.5) is 5.69 Å². The van der Waals surface area contributed by atoms with E-state index < -0.39 is 0 Å². The first-order chi connectivity index (χ1) is 9.65. The fraction of sp³-hybridized carbons (Fsp3) is 0.0714. The predicted molar refractivity (Wildman–Crippen MR) is 77.1 cm³/mol. The molecule has 0 radical (unpaired) electrons. The van der Waals surface area contributed by atoms with Gasteiger partial charge < -0.3 is 5.32 Å². The minimum Gasteiger partial charge on any atom is -0.321 e. The fourth-order valence-corrected chi connectivity index (χ4v) is 2.09. The average molecular weight is 287 g/mol. The Morgan fingerprint density at radius 3 is 2.85 bits per heavy atom. The first-order valence-electron chi connectivity index (χ1n) is 6.02. The van der Waals surface area contributed by atoms with Crippen molar-refractivity contribution in [1.82, 2.24) is 14.6 Å². The van der Waals surface area contributed by atoms with Crippen molar-refractivity contribution in [2.75, 3.05) is 5.32 Å². The summed E-state index contributed by atoms with van der Waals surface area (Å²) in [4.78, 5) is 12.2. The van der Waals surface area contributed by atoms with Crippen LogP contribution in [-0.4, -0.2) is 20.5 Å². The van der Waals surface area contributed by atoms with E-state index in [0.717, 1.165) is 5.82 Å². The highest BCUT2D eigenvalue weighted by atomic mass is 35.5. The molecule has 0 aliphatic heterocycles. The molecule has 0 fully saturated rings. The number of pyridine rings is 1. The molecule has 0 unspecified atom stereocenters. The number of benzene rings is 1. The molecule has 1 aromatic carbocycles. The molecule has 1 N–H and O–H groups in total. The van der Waals surface area contributed by atoms with Gasteiger partial charge in [-0.15, -0.1) is 10.2 Å². The third-order valence-corrected chi connectivity index (χ3v) is 3.29. The second-order valence-electron chi connectivity index (χ2n) is 4.32. The Hall–Kier alpha value is -2.40. The van der Waals surface area contributed by atoms with E-state index in [4.69, 9.17) is 11.6 Å². The number of rotatable bonds is 2. The maximum absolute atomic E-state index is 12.2. The molecule has 3 aromatic rings. The molecule has 0 saturated heterocycles. The molecule has 0 aliphatic carbocycles. The number of nitrogens with zero attached hydrogens (tertiary/aromatic N) is 3. The third-order valence-electron chi connectivity index (χ3n) is 2.96. The van der Waals surface area contributed by atoms with Gasteiger partial charge in [0.05, 0.1) is 10.7 Å². The number of carbonyl (C=O) groups is 1. The number of halogens is 1. The minimum absolute atomic E-state index is 0.235. The second-order valence-corrected chi connectivity index (χ2v) is 4.73. The SMILES string of the molecule is Cc1nnc2cc(C(=O)Nc3ccccc3Cl)ccn12. The topological polar surface area (TPSA) is 59.3 Å². The smallest absolute Gasteiger partial charge is 0.255 e. The van der Waals surface area contributed by atoms with Gasteiger partial charge in [-0.05, 0) is 31.2 Å². The van der Waals surface area contributed by atoms with Crippen LogP contribution in [0.3, 0.4) is 0 Å². The Kier molecular flexibility index (Phi) is 3.12. The number of anilines is 1. The van der Waals surface area contributed by atoms with Gasteiger partial charge in [0.2, 0.25) is 0 Å². The summed E-state index contributed by atoms with van der Waals surface area (Å²) in [6.45, 7) is 1.85. The van der Waals surface area contributed by atoms with E-state index in [1.807, 2.05) is 23.5 Å². The number of amides is 1. The third kappa shape index (κ3) is 2.23. The van der Waals surface area contributed by atoms with Crippen LogP contribution in [0.1, 0.15) is 16.2 Å². The van der Waals surface area contributed by atoms with Crippen molar-refractivity contribution in [1.29, 1.82) is 0 Å². The summed E-state index contributed by atoms with van der Waals surface area (Å²) in [6, 6.07) is 10.5. The quantitative estimate of drug-likeness (QED) is 0.788. The van der Waals surface area contributed by atoms with E-state index in [1.54, 1.807) is 30.5 Å². The van der Waals surface area contributed by atoms with Gasteiger partial charge in [0.1, 0.15) is 5.82 Å². The van der Waals surface area contributed by atoms with Crippen LogP contribution in [0.5, 0.6) is 0 Å². The zero-order valence-corrected chi connectivity index (χ0v) is 11.4. The number of nitrogens with one attached hydrogen (secondary N) is 1. The van der Waals surface area contributed by atoms with Crippen LogP contribution in [0.2, 0.25) is 5.02 Å². The largest absolute Gasteiger partial charge is 0.321 e. The van der Waals surface area contributed by atoms with Gasteiger partial charge in [-0.1, -0.05) is 23.7 Å². The Labute approximate surface area is 120 Å². The van der Waals surface area contributed by atoms with Gasteiger partial charge in [-0.25, -0.2) is 0 Å². The van der Waals surface area contributed by atoms with Crippen LogP contribution < -0.4 is 5.32 Å². The second kappa shape index (κ2) is 4.94. The van der Waals surface area contributed by atoms with E-state index in [-0.39, 0.29) is 5.91 Å². The molecule has 2 aromatic heterocycles. The molecule has 6 heteroatoms.